The Morgan fingerprint density at radius 2 is 1.96 bits per heavy atom. The van der Waals surface area contributed by atoms with Gasteiger partial charge in [-0.25, -0.2) is 4.98 Å². The third-order valence-electron chi connectivity index (χ3n) is 4.89. The molecule has 142 valence electrons. The summed E-state index contributed by atoms with van der Waals surface area (Å²) >= 11 is 0. The van der Waals surface area contributed by atoms with Gasteiger partial charge in [0, 0.05) is 43.7 Å². The maximum Gasteiger partial charge on any atom is 0.256 e. The van der Waals surface area contributed by atoms with E-state index >= 15 is 0 Å². The topological polar surface area (TPSA) is 85.9 Å². The van der Waals surface area contributed by atoms with E-state index in [1.807, 2.05) is 42.6 Å². The van der Waals surface area contributed by atoms with Crippen molar-refractivity contribution < 1.29 is 4.74 Å². The predicted octanol–water partition coefficient (Wildman–Crippen LogP) is 3.05. The van der Waals surface area contributed by atoms with Crippen molar-refractivity contribution in [1.29, 1.82) is 0 Å². The summed E-state index contributed by atoms with van der Waals surface area (Å²) in [7, 11) is 1.66. The van der Waals surface area contributed by atoms with E-state index in [0.29, 0.717) is 25.1 Å². The molecule has 0 unspecified atom stereocenters. The number of rotatable bonds is 6. The molecule has 0 saturated carbocycles. The molecule has 0 radical (unpaired) electrons. The number of imidazole rings is 1. The highest BCUT2D eigenvalue weighted by Crippen LogP contribution is 2.23. The molecule has 3 N–H and O–H groups in total. The van der Waals surface area contributed by atoms with Crippen LogP contribution >= 0.6 is 0 Å². The third-order valence-corrected chi connectivity index (χ3v) is 4.89. The van der Waals surface area contributed by atoms with Crippen molar-refractivity contribution in [1.82, 2.24) is 14.5 Å². The van der Waals surface area contributed by atoms with E-state index < -0.39 is 0 Å². The molecule has 4 rings (SSSR count). The molecule has 0 aliphatic rings. The summed E-state index contributed by atoms with van der Waals surface area (Å²) in [6, 6.07) is 15.8. The maximum absolute atomic E-state index is 12.5. The van der Waals surface area contributed by atoms with Gasteiger partial charge in [0.25, 0.3) is 5.56 Å². The Morgan fingerprint density at radius 1 is 1.14 bits per heavy atom. The summed E-state index contributed by atoms with van der Waals surface area (Å²) in [6.07, 6.45) is 3.72. The smallest absolute Gasteiger partial charge is 0.256 e. The van der Waals surface area contributed by atoms with E-state index in [1.165, 1.54) is 0 Å². The lowest BCUT2D eigenvalue weighted by molar-refractivity contribution is 0.174. The van der Waals surface area contributed by atoms with Crippen LogP contribution < -0.4 is 11.3 Å². The van der Waals surface area contributed by atoms with Crippen LogP contribution in [0.5, 0.6) is 0 Å². The second kappa shape index (κ2) is 7.80. The van der Waals surface area contributed by atoms with E-state index in [9.17, 15) is 4.79 Å². The molecule has 28 heavy (non-hydrogen) atoms. The highest BCUT2D eigenvalue weighted by molar-refractivity contribution is 5.88. The number of nitrogens with zero attached hydrogens (tertiary/aromatic N) is 2. The molecule has 0 aliphatic carbocycles. The molecule has 0 spiro atoms. The number of methoxy groups -OCH3 is 1. The van der Waals surface area contributed by atoms with Crippen molar-refractivity contribution in [3.63, 3.8) is 0 Å². The number of H-pyrrole nitrogens is 1. The number of nitrogens with two attached hydrogens (primary N) is 1. The fourth-order valence-corrected chi connectivity index (χ4v) is 3.42. The Morgan fingerprint density at radius 3 is 2.71 bits per heavy atom. The minimum absolute atomic E-state index is 0.102. The summed E-state index contributed by atoms with van der Waals surface area (Å²) in [5.41, 5.74) is 9.59. The summed E-state index contributed by atoms with van der Waals surface area (Å²) in [6.45, 7) is 1.59. The number of aromatic nitrogens is 3. The SMILES string of the molecule is COCc1nccn1Cc1ccc(-c2cc3c(CN)cccc3c(=O)[nH]2)cc1. The minimum atomic E-state index is -0.102. The number of nitrogens with one attached hydrogen (secondary N) is 1. The molecule has 2 aromatic heterocycles. The van der Waals surface area contributed by atoms with Crippen molar-refractivity contribution in [2.45, 2.75) is 19.7 Å². The van der Waals surface area contributed by atoms with Crippen LogP contribution in [0.2, 0.25) is 0 Å². The molecule has 0 amide bonds. The Bertz CT molecular complexity index is 1160. The van der Waals surface area contributed by atoms with Gasteiger partial charge in [0.1, 0.15) is 12.4 Å². The van der Waals surface area contributed by atoms with Crippen LogP contribution in [0.25, 0.3) is 22.0 Å². The van der Waals surface area contributed by atoms with E-state index in [4.69, 9.17) is 10.5 Å². The fourth-order valence-electron chi connectivity index (χ4n) is 3.42. The molecular formula is C22H22N4O2. The minimum Gasteiger partial charge on any atom is -0.377 e. The van der Waals surface area contributed by atoms with E-state index in [0.717, 1.165) is 33.6 Å². The van der Waals surface area contributed by atoms with Gasteiger partial charge < -0.3 is 20.0 Å². The van der Waals surface area contributed by atoms with Gasteiger partial charge in [-0.05, 0) is 34.2 Å². The Hall–Kier alpha value is -3.22. The van der Waals surface area contributed by atoms with Gasteiger partial charge in [-0.2, -0.15) is 0 Å². The highest BCUT2D eigenvalue weighted by atomic mass is 16.5. The third kappa shape index (κ3) is 3.47. The molecule has 4 aromatic rings. The molecular weight excluding hydrogens is 352 g/mol. The zero-order valence-corrected chi connectivity index (χ0v) is 15.7. The van der Waals surface area contributed by atoms with Gasteiger partial charge in [-0.3, -0.25) is 4.79 Å². The molecule has 2 heterocycles. The van der Waals surface area contributed by atoms with Gasteiger partial charge in [0.15, 0.2) is 0 Å². The standard InChI is InChI=1S/C22H22N4O2/c1-28-14-21-24-9-10-26(21)13-15-5-7-16(8-6-15)20-11-19-17(12-23)3-2-4-18(19)22(27)25-20/h2-11H,12-14,23H2,1H3,(H,25,27). The monoisotopic (exact) mass is 374 g/mol. The molecule has 0 fully saturated rings. The lowest BCUT2D eigenvalue weighted by atomic mass is 10.0. The number of fused-ring (bicyclic) bond motifs is 1. The predicted molar refractivity (Wildman–Crippen MR) is 110 cm³/mol. The van der Waals surface area contributed by atoms with Crippen LogP contribution in [0.4, 0.5) is 0 Å². The number of ether oxygens (including phenoxy) is 1. The number of hydrogen-bond donors (Lipinski definition) is 2. The van der Waals surface area contributed by atoms with Gasteiger partial charge in [0.2, 0.25) is 0 Å². The molecule has 6 heteroatoms. The molecule has 0 atom stereocenters. The van der Waals surface area contributed by atoms with Gasteiger partial charge in [-0.15, -0.1) is 0 Å². The number of pyridine rings is 1. The molecule has 0 aliphatic heterocycles. The van der Waals surface area contributed by atoms with Gasteiger partial charge in [-0.1, -0.05) is 36.4 Å². The zero-order chi connectivity index (χ0) is 19.5. The zero-order valence-electron chi connectivity index (χ0n) is 15.7. The van der Waals surface area contributed by atoms with Crippen molar-refractivity contribution in [3.05, 3.63) is 88.2 Å². The Kier molecular flexibility index (Phi) is 5.06. The summed E-state index contributed by atoms with van der Waals surface area (Å²) in [5, 5.41) is 1.56. The van der Waals surface area contributed by atoms with Crippen molar-refractivity contribution >= 4 is 10.8 Å². The van der Waals surface area contributed by atoms with E-state index in [1.54, 1.807) is 13.3 Å². The summed E-state index contributed by atoms with van der Waals surface area (Å²) < 4.78 is 7.24. The number of aromatic amines is 1. The fraction of sp³-hybridized carbons (Fsp3) is 0.182. The van der Waals surface area contributed by atoms with E-state index in [-0.39, 0.29) is 5.56 Å². The van der Waals surface area contributed by atoms with Crippen molar-refractivity contribution in [3.8, 4) is 11.3 Å². The largest absolute Gasteiger partial charge is 0.377 e. The second-order valence-electron chi connectivity index (χ2n) is 6.70. The first kappa shape index (κ1) is 18.2. The molecule has 0 bridgehead atoms. The number of benzene rings is 2. The van der Waals surface area contributed by atoms with Gasteiger partial charge >= 0.3 is 0 Å². The summed E-state index contributed by atoms with van der Waals surface area (Å²) in [4.78, 5) is 19.8. The average Bonchev–Trinajstić information content (AvgIpc) is 3.15. The number of hydrogen-bond acceptors (Lipinski definition) is 4. The molecule has 6 nitrogen and oxygen atoms in total. The molecule has 2 aromatic carbocycles. The first-order valence-electron chi connectivity index (χ1n) is 9.13. The molecule has 0 saturated heterocycles. The van der Waals surface area contributed by atoms with Crippen LogP contribution in [-0.2, 0) is 24.4 Å². The first-order chi connectivity index (χ1) is 13.7. The average molecular weight is 374 g/mol. The maximum atomic E-state index is 12.5. The van der Waals surface area contributed by atoms with Crippen LogP contribution in [0.1, 0.15) is 17.0 Å². The highest BCUT2D eigenvalue weighted by Gasteiger charge is 2.08. The second-order valence-corrected chi connectivity index (χ2v) is 6.70. The van der Waals surface area contributed by atoms with Crippen LogP contribution in [0, 0.1) is 0 Å². The normalized spacial score (nSPS) is 11.2. The lowest BCUT2D eigenvalue weighted by Gasteiger charge is -2.10. The Balaban J connectivity index is 1.65. The van der Waals surface area contributed by atoms with Crippen molar-refractivity contribution in [2.75, 3.05) is 7.11 Å². The summed E-state index contributed by atoms with van der Waals surface area (Å²) in [5.74, 6) is 0.889. The van der Waals surface area contributed by atoms with Gasteiger partial charge in [0.05, 0.1) is 0 Å². The quantitative estimate of drug-likeness (QED) is 0.543. The van der Waals surface area contributed by atoms with Crippen molar-refractivity contribution in [2.24, 2.45) is 5.73 Å². The van der Waals surface area contributed by atoms with Crippen LogP contribution in [0.15, 0.2) is 65.7 Å². The van der Waals surface area contributed by atoms with Crippen LogP contribution in [0.3, 0.4) is 0 Å². The van der Waals surface area contributed by atoms with E-state index in [2.05, 4.69) is 26.7 Å². The first-order valence-corrected chi connectivity index (χ1v) is 9.13. The Labute approximate surface area is 162 Å². The van der Waals surface area contributed by atoms with Crippen LogP contribution in [-0.4, -0.2) is 21.6 Å². The lowest BCUT2D eigenvalue weighted by Crippen LogP contribution is -2.09.